The van der Waals surface area contributed by atoms with Gasteiger partial charge < -0.3 is 20.3 Å². The number of ether oxygens (including phenoxy) is 1. The number of nitrogens with zero attached hydrogens (tertiary/aromatic N) is 3. The highest BCUT2D eigenvalue weighted by atomic mass is 127. The van der Waals surface area contributed by atoms with Gasteiger partial charge in [0.2, 0.25) is 0 Å². The fourth-order valence-corrected chi connectivity index (χ4v) is 3.25. The van der Waals surface area contributed by atoms with E-state index < -0.39 is 5.60 Å². The number of amides is 1. The zero-order valence-corrected chi connectivity index (χ0v) is 18.3. The monoisotopic (exact) mass is 466 g/mol. The van der Waals surface area contributed by atoms with Gasteiger partial charge in [0.15, 0.2) is 5.96 Å². The molecule has 2 N–H and O–H groups in total. The van der Waals surface area contributed by atoms with Crippen molar-refractivity contribution in [3.8, 4) is 0 Å². The number of rotatable bonds is 2. The zero-order valence-electron chi connectivity index (χ0n) is 16.0. The minimum atomic E-state index is -0.431. The molecule has 0 bridgehead atoms. The van der Waals surface area contributed by atoms with Crippen molar-refractivity contribution in [1.82, 2.24) is 9.80 Å². The Morgan fingerprint density at radius 1 is 1.04 bits per heavy atom. The maximum absolute atomic E-state index is 12.1. The van der Waals surface area contributed by atoms with Gasteiger partial charge in [-0.2, -0.15) is 0 Å². The fraction of sp³-hybridized carbons (Fsp3) is 0.889. The number of carbonyl (C=O) groups is 1. The number of hydrogen-bond donors (Lipinski definition) is 1. The first-order valence-corrected chi connectivity index (χ1v) is 9.38. The quantitative estimate of drug-likeness (QED) is 0.385. The lowest BCUT2D eigenvalue weighted by molar-refractivity contribution is 0.0187. The van der Waals surface area contributed by atoms with Crippen LogP contribution >= 0.6 is 24.0 Å². The number of hydrogen-bond acceptors (Lipinski definition) is 3. The zero-order chi connectivity index (χ0) is 17.6. The van der Waals surface area contributed by atoms with Crippen molar-refractivity contribution in [1.29, 1.82) is 0 Å². The molecule has 0 unspecified atom stereocenters. The number of carbonyl (C=O) groups excluding carboxylic acids is 1. The Morgan fingerprint density at radius 2 is 1.60 bits per heavy atom. The third-order valence-corrected chi connectivity index (χ3v) is 4.71. The normalized spacial score (nSPS) is 20.7. The maximum atomic E-state index is 12.1. The number of guanidine groups is 1. The van der Waals surface area contributed by atoms with Crippen LogP contribution in [-0.2, 0) is 4.74 Å². The van der Waals surface area contributed by atoms with Gasteiger partial charge in [0.1, 0.15) is 5.60 Å². The Bertz CT molecular complexity index is 435. The highest BCUT2D eigenvalue weighted by molar-refractivity contribution is 14.0. The molecule has 146 valence electrons. The van der Waals surface area contributed by atoms with Crippen LogP contribution in [0.3, 0.4) is 0 Å². The molecule has 6 nitrogen and oxygen atoms in total. The fourth-order valence-electron chi connectivity index (χ4n) is 3.25. The van der Waals surface area contributed by atoms with E-state index in [2.05, 4.69) is 9.89 Å². The molecule has 25 heavy (non-hydrogen) atoms. The summed E-state index contributed by atoms with van der Waals surface area (Å²) in [6, 6.07) is 0. The molecule has 2 rings (SSSR count). The summed E-state index contributed by atoms with van der Waals surface area (Å²) < 4.78 is 5.43. The summed E-state index contributed by atoms with van der Waals surface area (Å²) in [5.41, 5.74) is 5.74. The second-order valence-electron chi connectivity index (χ2n) is 8.01. The Balaban J connectivity index is 0.00000312. The average molecular weight is 466 g/mol. The third kappa shape index (κ3) is 8.00. The van der Waals surface area contributed by atoms with Gasteiger partial charge in [-0.15, -0.1) is 24.0 Å². The van der Waals surface area contributed by atoms with E-state index in [-0.39, 0.29) is 30.1 Å². The van der Waals surface area contributed by atoms with Crippen molar-refractivity contribution in [3.63, 3.8) is 0 Å². The van der Waals surface area contributed by atoms with Gasteiger partial charge >= 0.3 is 6.09 Å². The van der Waals surface area contributed by atoms with Gasteiger partial charge in [-0.25, -0.2) is 4.79 Å². The lowest BCUT2D eigenvalue weighted by Gasteiger charge is -2.33. The van der Waals surface area contributed by atoms with Crippen LogP contribution in [-0.4, -0.2) is 60.2 Å². The molecule has 1 amide bonds. The molecule has 0 atom stereocenters. The van der Waals surface area contributed by atoms with Crippen molar-refractivity contribution in [2.45, 2.75) is 64.9 Å². The average Bonchev–Trinajstić information content (AvgIpc) is 2.80. The summed E-state index contributed by atoms with van der Waals surface area (Å²) in [5.74, 6) is 1.21. The van der Waals surface area contributed by atoms with E-state index >= 15 is 0 Å². The maximum Gasteiger partial charge on any atom is 0.410 e. The van der Waals surface area contributed by atoms with Crippen molar-refractivity contribution in [2.75, 3.05) is 32.7 Å². The largest absolute Gasteiger partial charge is 0.444 e. The molecule has 0 aromatic heterocycles. The smallest absolute Gasteiger partial charge is 0.410 e. The van der Waals surface area contributed by atoms with Gasteiger partial charge in [0, 0.05) is 32.7 Å². The van der Waals surface area contributed by atoms with E-state index in [1.807, 2.05) is 25.7 Å². The summed E-state index contributed by atoms with van der Waals surface area (Å²) in [7, 11) is 0. The first kappa shape index (κ1) is 22.3. The SMILES string of the molecule is CC(C)(C)OC(=O)N1CCC(CN=C(N)N2CCCCCC2)CC1.I. The lowest BCUT2D eigenvalue weighted by Crippen LogP contribution is -2.42. The first-order chi connectivity index (χ1) is 11.3. The van der Waals surface area contributed by atoms with Crippen LogP contribution in [0.2, 0.25) is 0 Å². The molecule has 0 aliphatic carbocycles. The van der Waals surface area contributed by atoms with Crippen LogP contribution in [0.15, 0.2) is 4.99 Å². The van der Waals surface area contributed by atoms with E-state index in [1.54, 1.807) is 0 Å². The number of halogens is 1. The highest BCUT2D eigenvalue weighted by Gasteiger charge is 2.26. The van der Waals surface area contributed by atoms with Crippen LogP contribution in [0.25, 0.3) is 0 Å². The van der Waals surface area contributed by atoms with Gasteiger partial charge in [-0.3, -0.25) is 4.99 Å². The Morgan fingerprint density at radius 3 is 2.12 bits per heavy atom. The molecule has 2 aliphatic heterocycles. The number of piperidine rings is 1. The lowest BCUT2D eigenvalue weighted by atomic mass is 9.97. The number of likely N-dealkylation sites (tertiary alicyclic amines) is 2. The molecule has 0 saturated carbocycles. The molecule has 2 fully saturated rings. The Kier molecular flexibility index (Phi) is 9.30. The van der Waals surface area contributed by atoms with Crippen molar-refractivity contribution in [3.05, 3.63) is 0 Å². The van der Waals surface area contributed by atoms with Crippen LogP contribution in [0.5, 0.6) is 0 Å². The molecule has 2 saturated heterocycles. The summed E-state index contributed by atoms with van der Waals surface area (Å²) in [4.78, 5) is 20.7. The summed E-state index contributed by atoms with van der Waals surface area (Å²) in [6.45, 7) is 10.0. The van der Waals surface area contributed by atoms with Crippen LogP contribution in [0.4, 0.5) is 4.79 Å². The van der Waals surface area contributed by atoms with Crippen molar-refractivity contribution < 1.29 is 9.53 Å². The molecule has 2 heterocycles. The van der Waals surface area contributed by atoms with Gasteiger partial charge in [0.05, 0.1) is 0 Å². The second-order valence-corrected chi connectivity index (χ2v) is 8.01. The predicted octanol–water partition coefficient (Wildman–Crippen LogP) is 3.44. The molecule has 0 radical (unpaired) electrons. The molecular formula is C18H35IN4O2. The highest BCUT2D eigenvalue weighted by Crippen LogP contribution is 2.20. The summed E-state index contributed by atoms with van der Waals surface area (Å²) >= 11 is 0. The minimum absolute atomic E-state index is 0. The van der Waals surface area contributed by atoms with Crippen LogP contribution < -0.4 is 5.73 Å². The standard InChI is InChI=1S/C18H34N4O2.HI/c1-18(2,3)24-17(23)22-12-8-15(9-13-22)14-20-16(19)21-10-6-4-5-7-11-21;/h15H,4-14H2,1-3H3,(H2,19,20);1H. The number of nitrogens with two attached hydrogens (primary N) is 1. The van der Waals surface area contributed by atoms with E-state index in [9.17, 15) is 4.79 Å². The molecule has 7 heteroatoms. The topological polar surface area (TPSA) is 71.2 Å². The van der Waals surface area contributed by atoms with Crippen LogP contribution in [0.1, 0.15) is 59.3 Å². The Labute approximate surface area is 169 Å². The van der Waals surface area contributed by atoms with E-state index in [1.165, 1.54) is 25.7 Å². The van der Waals surface area contributed by atoms with Gasteiger partial charge in [0.25, 0.3) is 0 Å². The molecule has 2 aliphatic rings. The van der Waals surface area contributed by atoms with Crippen LogP contribution in [0, 0.1) is 5.92 Å². The predicted molar refractivity (Wildman–Crippen MR) is 112 cm³/mol. The molecule has 0 aromatic carbocycles. The van der Waals surface area contributed by atoms with Gasteiger partial charge in [-0.05, 0) is 52.4 Å². The minimum Gasteiger partial charge on any atom is -0.444 e. The molecule has 0 spiro atoms. The third-order valence-electron chi connectivity index (χ3n) is 4.71. The summed E-state index contributed by atoms with van der Waals surface area (Å²) in [6.07, 6.45) is 6.76. The first-order valence-electron chi connectivity index (χ1n) is 9.38. The van der Waals surface area contributed by atoms with E-state index in [4.69, 9.17) is 10.5 Å². The summed E-state index contributed by atoms with van der Waals surface area (Å²) in [5, 5.41) is 0. The number of aliphatic imine (C=N–C) groups is 1. The molecule has 0 aromatic rings. The molecular weight excluding hydrogens is 431 g/mol. The van der Waals surface area contributed by atoms with Gasteiger partial charge in [-0.1, -0.05) is 12.8 Å². The second kappa shape index (κ2) is 10.4. The van der Waals surface area contributed by atoms with E-state index in [0.717, 1.165) is 45.6 Å². The Hall–Kier alpha value is -0.730. The van der Waals surface area contributed by atoms with Crippen molar-refractivity contribution in [2.24, 2.45) is 16.6 Å². The van der Waals surface area contributed by atoms with E-state index in [0.29, 0.717) is 11.9 Å². The van der Waals surface area contributed by atoms with Crippen molar-refractivity contribution >= 4 is 36.0 Å².